The predicted octanol–water partition coefficient (Wildman–Crippen LogP) is 3.05. The molecule has 2 amide bonds. The van der Waals surface area contributed by atoms with Crippen LogP contribution in [0.5, 0.6) is 0 Å². The first-order chi connectivity index (χ1) is 14.3. The molecule has 0 heterocycles. The van der Waals surface area contributed by atoms with E-state index in [1.165, 1.54) is 28.6 Å². The number of thioether (sulfide) groups is 1. The van der Waals surface area contributed by atoms with E-state index in [0.29, 0.717) is 18.7 Å². The van der Waals surface area contributed by atoms with Crippen LogP contribution in [0.2, 0.25) is 0 Å². The average Bonchev–Trinajstić information content (AvgIpc) is 2.76. The van der Waals surface area contributed by atoms with Crippen molar-refractivity contribution >= 4 is 33.6 Å². The molecule has 0 atom stereocenters. The Bertz CT molecular complexity index is 972. The van der Waals surface area contributed by atoms with Gasteiger partial charge in [0.2, 0.25) is 10.0 Å². The molecule has 0 fully saturated rings. The Morgan fingerprint density at radius 2 is 1.50 bits per heavy atom. The van der Waals surface area contributed by atoms with Gasteiger partial charge in [-0.25, -0.2) is 8.42 Å². The fraction of sp³-hybridized carbons (Fsp3) is 0.333. The molecule has 0 aliphatic heterocycles. The highest BCUT2D eigenvalue weighted by atomic mass is 32.2. The van der Waals surface area contributed by atoms with Crippen LogP contribution < -0.4 is 10.9 Å². The van der Waals surface area contributed by atoms with E-state index < -0.39 is 21.8 Å². The van der Waals surface area contributed by atoms with Crippen LogP contribution in [0.4, 0.5) is 0 Å². The van der Waals surface area contributed by atoms with E-state index in [2.05, 4.69) is 17.8 Å². The van der Waals surface area contributed by atoms with Crippen molar-refractivity contribution in [3.63, 3.8) is 0 Å². The topological polar surface area (TPSA) is 95.6 Å². The zero-order valence-corrected chi connectivity index (χ0v) is 19.0. The number of benzene rings is 2. The molecular weight excluding hydrogens is 422 g/mol. The van der Waals surface area contributed by atoms with Crippen molar-refractivity contribution in [3.8, 4) is 0 Å². The Hall–Kier alpha value is -2.36. The first kappa shape index (κ1) is 23.9. The molecule has 2 aromatic carbocycles. The molecule has 2 N–H and O–H groups in total. The largest absolute Gasteiger partial charge is 0.269 e. The maximum absolute atomic E-state index is 12.6. The van der Waals surface area contributed by atoms with E-state index >= 15 is 0 Å². The second kappa shape index (κ2) is 11.1. The SMILES string of the molecule is CCSCc1ccc(C(=O)NNC(=O)c2cccc(S(=O)(=O)N(CC)CC)c2)cc1. The molecule has 0 radical (unpaired) electrons. The van der Waals surface area contributed by atoms with Gasteiger partial charge in [0.25, 0.3) is 11.8 Å². The molecule has 9 heteroatoms. The van der Waals surface area contributed by atoms with Gasteiger partial charge in [-0.3, -0.25) is 20.4 Å². The number of sulfonamides is 1. The first-order valence-electron chi connectivity index (χ1n) is 9.71. The zero-order chi connectivity index (χ0) is 22.1. The van der Waals surface area contributed by atoms with Gasteiger partial charge in [-0.1, -0.05) is 39.0 Å². The summed E-state index contributed by atoms with van der Waals surface area (Å²) in [6.45, 7) is 6.26. The molecule has 0 aliphatic carbocycles. The highest BCUT2D eigenvalue weighted by molar-refractivity contribution is 7.98. The van der Waals surface area contributed by atoms with E-state index in [1.807, 2.05) is 12.1 Å². The molecule has 0 spiro atoms. The Labute approximate surface area is 182 Å². The number of nitrogens with one attached hydrogen (secondary N) is 2. The van der Waals surface area contributed by atoms with Gasteiger partial charge in [0, 0.05) is 30.0 Å². The summed E-state index contributed by atoms with van der Waals surface area (Å²) >= 11 is 1.79. The van der Waals surface area contributed by atoms with Crippen LogP contribution in [-0.2, 0) is 15.8 Å². The van der Waals surface area contributed by atoms with Gasteiger partial charge in [-0.05, 0) is 41.6 Å². The van der Waals surface area contributed by atoms with Crippen molar-refractivity contribution in [1.29, 1.82) is 0 Å². The summed E-state index contributed by atoms with van der Waals surface area (Å²) in [5, 5.41) is 0. The lowest BCUT2D eigenvalue weighted by atomic mass is 10.1. The van der Waals surface area contributed by atoms with Gasteiger partial charge in [0.15, 0.2) is 0 Å². The number of hydrazine groups is 1. The summed E-state index contributed by atoms with van der Waals surface area (Å²) in [5.41, 5.74) is 6.36. The minimum Gasteiger partial charge on any atom is -0.267 e. The molecule has 0 bridgehead atoms. The molecule has 0 saturated heterocycles. The van der Waals surface area contributed by atoms with E-state index in [0.717, 1.165) is 17.1 Å². The number of carbonyl (C=O) groups excluding carboxylic acids is 2. The average molecular weight is 450 g/mol. The first-order valence-corrected chi connectivity index (χ1v) is 12.3. The second-order valence-corrected chi connectivity index (χ2v) is 9.57. The fourth-order valence-electron chi connectivity index (χ4n) is 2.74. The summed E-state index contributed by atoms with van der Waals surface area (Å²) in [6.07, 6.45) is 0. The third kappa shape index (κ3) is 6.07. The van der Waals surface area contributed by atoms with Crippen molar-refractivity contribution in [2.45, 2.75) is 31.4 Å². The maximum atomic E-state index is 12.6. The molecule has 7 nitrogen and oxygen atoms in total. The van der Waals surface area contributed by atoms with Crippen molar-refractivity contribution in [2.24, 2.45) is 0 Å². The number of hydrogen-bond donors (Lipinski definition) is 2. The van der Waals surface area contributed by atoms with Crippen LogP contribution in [0.15, 0.2) is 53.4 Å². The van der Waals surface area contributed by atoms with Crippen LogP contribution in [0.3, 0.4) is 0 Å². The lowest BCUT2D eigenvalue weighted by molar-refractivity contribution is 0.0846. The fourth-order valence-corrected chi connectivity index (χ4v) is 4.88. The van der Waals surface area contributed by atoms with Crippen molar-refractivity contribution in [3.05, 3.63) is 65.2 Å². The lowest BCUT2D eigenvalue weighted by Crippen LogP contribution is -2.41. The number of rotatable bonds is 9. The Balaban J connectivity index is 2.04. The quantitative estimate of drug-likeness (QED) is 0.574. The summed E-state index contributed by atoms with van der Waals surface area (Å²) in [5.74, 6) is 0.842. The van der Waals surface area contributed by atoms with Gasteiger partial charge in [0.05, 0.1) is 4.90 Å². The molecule has 0 unspecified atom stereocenters. The van der Waals surface area contributed by atoms with E-state index in [9.17, 15) is 18.0 Å². The minimum absolute atomic E-state index is 0.0331. The summed E-state index contributed by atoms with van der Waals surface area (Å²) < 4.78 is 26.6. The number of hydrogen-bond acceptors (Lipinski definition) is 5. The third-order valence-corrected chi connectivity index (χ3v) is 7.41. The van der Waals surface area contributed by atoms with Crippen LogP contribution in [-0.4, -0.2) is 43.4 Å². The number of nitrogens with zero attached hydrogens (tertiary/aromatic N) is 1. The summed E-state index contributed by atoms with van der Waals surface area (Å²) in [6, 6.07) is 12.9. The molecule has 30 heavy (non-hydrogen) atoms. The van der Waals surface area contributed by atoms with Gasteiger partial charge in [0.1, 0.15) is 0 Å². The third-order valence-electron chi connectivity index (χ3n) is 4.42. The molecule has 0 aliphatic rings. The minimum atomic E-state index is -3.68. The van der Waals surface area contributed by atoms with E-state index in [4.69, 9.17) is 0 Å². The Kier molecular flexibility index (Phi) is 8.88. The smallest absolute Gasteiger partial charge is 0.267 e. The van der Waals surface area contributed by atoms with Gasteiger partial charge in [-0.15, -0.1) is 0 Å². The van der Waals surface area contributed by atoms with Crippen LogP contribution in [0, 0.1) is 0 Å². The van der Waals surface area contributed by atoms with Crippen LogP contribution in [0.1, 0.15) is 47.1 Å². The standard InChI is InChI=1S/C21H27N3O4S2/c1-4-24(5-2)30(27,28)19-9-7-8-18(14-19)21(26)23-22-20(25)17-12-10-16(11-13-17)15-29-6-3/h7-14H,4-6,15H2,1-3H3,(H,22,25)(H,23,26). The van der Waals surface area contributed by atoms with Crippen molar-refractivity contribution in [2.75, 3.05) is 18.8 Å². The summed E-state index contributed by atoms with van der Waals surface area (Å²) in [7, 11) is -3.68. The van der Waals surface area contributed by atoms with Gasteiger partial charge < -0.3 is 0 Å². The zero-order valence-electron chi connectivity index (χ0n) is 17.3. The van der Waals surface area contributed by atoms with Crippen LogP contribution in [0.25, 0.3) is 0 Å². The molecule has 0 saturated carbocycles. The van der Waals surface area contributed by atoms with Crippen molar-refractivity contribution in [1.82, 2.24) is 15.2 Å². The molecule has 2 aromatic rings. The van der Waals surface area contributed by atoms with E-state index in [1.54, 1.807) is 37.7 Å². The molecule has 162 valence electrons. The summed E-state index contributed by atoms with van der Waals surface area (Å²) in [4.78, 5) is 24.7. The lowest BCUT2D eigenvalue weighted by Gasteiger charge is -2.18. The van der Waals surface area contributed by atoms with Gasteiger partial charge in [-0.2, -0.15) is 16.1 Å². The highest BCUT2D eigenvalue weighted by Gasteiger charge is 2.22. The normalized spacial score (nSPS) is 11.3. The monoisotopic (exact) mass is 449 g/mol. The maximum Gasteiger partial charge on any atom is 0.269 e. The Morgan fingerprint density at radius 1 is 0.900 bits per heavy atom. The van der Waals surface area contributed by atoms with E-state index in [-0.39, 0.29) is 10.5 Å². The molecular formula is C21H27N3O4S2. The predicted molar refractivity (Wildman–Crippen MR) is 120 cm³/mol. The number of carbonyl (C=O) groups is 2. The highest BCUT2D eigenvalue weighted by Crippen LogP contribution is 2.17. The van der Waals surface area contributed by atoms with Crippen LogP contribution >= 0.6 is 11.8 Å². The van der Waals surface area contributed by atoms with Crippen molar-refractivity contribution < 1.29 is 18.0 Å². The van der Waals surface area contributed by atoms with Gasteiger partial charge >= 0.3 is 0 Å². The molecule has 2 rings (SSSR count). The second-order valence-electron chi connectivity index (χ2n) is 6.36. The molecule has 0 aromatic heterocycles. The number of amides is 2. The Morgan fingerprint density at radius 3 is 2.07 bits per heavy atom.